The summed E-state index contributed by atoms with van der Waals surface area (Å²) in [5, 5.41) is 3.85. The number of amides is 1. The Morgan fingerprint density at radius 1 is 1.04 bits per heavy atom. The number of hydrogen-bond donors (Lipinski definition) is 2. The molecule has 1 heterocycles. The Morgan fingerprint density at radius 3 is 2.65 bits per heavy atom. The van der Waals surface area contributed by atoms with Gasteiger partial charge in [-0.05, 0) is 42.5 Å². The zero-order valence-corrected chi connectivity index (χ0v) is 14.5. The van der Waals surface area contributed by atoms with Crippen LogP contribution in [0.15, 0.2) is 65.5 Å². The van der Waals surface area contributed by atoms with Crippen LogP contribution in [-0.2, 0) is 11.2 Å². The molecule has 3 aromatic rings. The molecule has 1 aromatic heterocycles. The molecule has 0 radical (unpaired) electrons. The van der Waals surface area contributed by atoms with E-state index in [1.165, 1.54) is 0 Å². The van der Waals surface area contributed by atoms with Crippen LogP contribution >= 0.6 is 0 Å². The van der Waals surface area contributed by atoms with E-state index in [-0.39, 0.29) is 11.5 Å². The van der Waals surface area contributed by atoms with Crippen molar-refractivity contribution in [3.63, 3.8) is 0 Å². The van der Waals surface area contributed by atoms with Crippen molar-refractivity contribution in [2.75, 3.05) is 13.2 Å². The topological polar surface area (TPSA) is 71.2 Å². The molecule has 0 bridgehead atoms. The molecule has 5 heteroatoms. The van der Waals surface area contributed by atoms with Crippen LogP contribution in [0.3, 0.4) is 0 Å². The second kappa shape index (κ2) is 8.85. The number of ether oxygens (including phenoxy) is 1. The van der Waals surface area contributed by atoms with Gasteiger partial charge in [0.15, 0.2) is 0 Å². The second-order valence-corrected chi connectivity index (χ2v) is 6.08. The molecule has 0 atom stereocenters. The van der Waals surface area contributed by atoms with E-state index in [1.807, 2.05) is 60.7 Å². The lowest BCUT2D eigenvalue weighted by Crippen LogP contribution is -2.27. The van der Waals surface area contributed by atoms with Gasteiger partial charge in [0.25, 0.3) is 5.56 Å². The third-order valence-electron chi connectivity index (χ3n) is 4.11. The molecular weight excluding hydrogens is 328 g/mol. The van der Waals surface area contributed by atoms with Crippen LogP contribution < -0.4 is 15.6 Å². The molecule has 0 unspecified atom stereocenters. The minimum Gasteiger partial charge on any atom is -0.494 e. The van der Waals surface area contributed by atoms with E-state index >= 15 is 0 Å². The lowest BCUT2D eigenvalue weighted by Gasteiger charge is -2.07. The van der Waals surface area contributed by atoms with Gasteiger partial charge in [-0.1, -0.05) is 36.4 Å². The summed E-state index contributed by atoms with van der Waals surface area (Å²) < 4.78 is 5.56. The zero-order chi connectivity index (χ0) is 18.2. The van der Waals surface area contributed by atoms with E-state index in [2.05, 4.69) is 10.3 Å². The summed E-state index contributed by atoms with van der Waals surface area (Å²) in [4.78, 5) is 26.8. The number of benzene rings is 2. The van der Waals surface area contributed by atoms with Crippen molar-refractivity contribution >= 4 is 16.8 Å². The summed E-state index contributed by atoms with van der Waals surface area (Å²) >= 11 is 0. The highest BCUT2D eigenvalue weighted by Gasteiger charge is 2.05. The van der Waals surface area contributed by atoms with E-state index < -0.39 is 0 Å². The number of pyridine rings is 1. The van der Waals surface area contributed by atoms with Crippen molar-refractivity contribution in [2.24, 2.45) is 0 Å². The number of H-pyrrole nitrogens is 1. The third kappa shape index (κ3) is 4.96. The first kappa shape index (κ1) is 17.7. The number of aromatic nitrogens is 1. The van der Waals surface area contributed by atoms with E-state index in [0.29, 0.717) is 38.0 Å². The lowest BCUT2D eigenvalue weighted by molar-refractivity contribution is -0.121. The summed E-state index contributed by atoms with van der Waals surface area (Å²) in [7, 11) is 0. The Morgan fingerprint density at radius 2 is 1.81 bits per heavy atom. The Hall–Kier alpha value is -3.08. The number of carbonyl (C=O) groups is 1. The van der Waals surface area contributed by atoms with Crippen LogP contribution in [0, 0.1) is 0 Å². The molecule has 2 N–H and O–H groups in total. The first-order valence-corrected chi connectivity index (χ1v) is 8.78. The van der Waals surface area contributed by atoms with Gasteiger partial charge < -0.3 is 15.0 Å². The molecular formula is C21H22N2O3. The molecule has 5 nitrogen and oxygen atoms in total. The normalized spacial score (nSPS) is 10.6. The van der Waals surface area contributed by atoms with Gasteiger partial charge in [0.2, 0.25) is 5.91 Å². The quantitative estimate of drug-likeness (QED) is 0.614. The van der Waals surface area contributed by atoms with E-state index in [9.17, 15) is 9.59 Å². The molecule has 2 aromatic carbocycles. The van der Waals surface area contributed by atoms with Crippen molar-refractivity contribution in [2.45, 2.75) is 19.3 Å². The number of aromatic amines is 1. The Bertz CT molecular complexity index is 919. The van der Waals surface area contributed by atoms with Gasteiger partial charge in [-0.3, -0.25) is 9.59 Å². The molecule has 1 amide bonds. The Balaban J connectivity index is 1.40. The summed E-state index contributed by atoms with van der Waals surface area (Å²) in [6, 6.07) is 19.1. The maximum absolute atomic E-state index is 12.1. The Kier molecular flexibility index (Phi) is 6.04. The number of nitrogens with one attached hydrogen (secondary N) is 2. The summed E-state index contributed by atoms with van der Waals surface area (Å²) in [5.74, 6) is 0.780. The third-order valence-corrected chi connectivity index (χ3v) is 4.11. The van der Waals surface area contributed by atoms with E-state index in [0.717, 1.165) is 16.7 Å². The highest BCUT2D eigenvalue weighted by Crippen LogP contribution is 2.10. The van der Waals surface area contributed by atoms with Gasteiger partial charge in [-0.25, -0.2) is 0 Å². The maximum Gasteiger partial charge on any atom is 0.251 e. The number of hydrogen-bond acceptors (Lipinski definition) is 3. The fourth-order valence-corrected chi connectivity index (χ4v) is 2.74. The predicted octanol–water partition coefficient (Wildman–Crippen LogP) is 3.05. The average Bonchev–Trinajstić information content (AvgIpc) is 2.66. The van der Waals surface area contributed by atoms with Crippen LogP contribution in [0.1, 0.15) is 18.4 Å². The molecule has 0 saturated carbocycles. The molecule has 0 aliphatic rings. The first-order valence-electron chi connectivity index (χ1n) is 8.78. The van der Waals surface area contributed by atoms with Gasteiger partial charge in [0, 0.05) is 24.0 Å². The molecule has 134 valence electrons. The van der Waals surface area contributed by atoms with Gasteiger partial charge >= 0.3 is 0 Å². The minimum absolute atomic E-state index is 0.0288. The molecule has 0 aliphatic carbocycles. The summed E-state index contributed by atoms with van der Waals surface area (Å²) in [6.07, 6.45) is 1.56. The standard InChI is InChI=1S/C21H22N2O3/c24-20(11-6-14-26-18-8-2-1-3-9-18)22-13-12-17-15-16-7-4-5-10-19(16)23-21(17)25/h1-5,7-10,15H,6,11-14H2,(H,22,24)(H,23,25). The summed E-state index contributed by atoms with van der Waals surface area (Å²) in [5.41, 5.74) is 1.40. The molecule has 3 rings (SSSR count). The van der Waals surface area contributed by atoms with Crippen LogP contribution in [0.4, 0.5) is 0 Å². The van der Waals surface area contributed by atoms with Gasteiger partial charge in [0.1, 0.15) is 5.75 Å². The summed E-state index contributed by atoms with van der Waals surface area (Å²) in [6.45, 7) is 0.946. The minimum atomic E-state index is -0.103. The van der Waals surface area contributed by atoms with Crippen LogP contribution in [-0.4, -0.2) is 24.0 Å². The van der Waals surface area contributed by atoms with Crippen molar-refractivity contribution in [3.8, 4) is 5.75 Å². The monoisotopic (exact) mass is 350 g/mol. The average molecular weight is 350 g/mol. The maximum atomic E-state index is 12.1. The fraction of sp³-hybridized carbons (Fsp3) is 0.238. The molecule has 0 fully saturated rings. The number of para-hydroxylation sites is 2. The van der Waals surface area contributed by atoms with Crippen molar-refractivity contribution in [1.82, 2.24) is 10.3 Å². The van der Waals surface area contributed by atoms with Gasteiger partial charge in [0.05, 0.1) is 6.61 Å². The number of fused-ring (bicyclic) bond motifs is 1. The van der Waals surface area contributed by atoms with Gasteiger partial charge in [-0.2, -0.15) is 0 Å². The predicted molar refractivity (Wildman–Crippen MR) is 102 cm³/mol. The lowest BCUT2D eigenvalue weighted by atomic mass is 10.1. The Labute approximate surface area is 152 Å². The zero-order valence-electron chi connectivity index (χ0n) is 14.5. The number of carbonyl (C=O) groups excluding carboxylic acids is 1. The largest absolute Gasteiger partial charge is 0.494 e. The number of rotatable bonds is 8. The van der Waals surface area contributed by atoms with E-state index in [4.69, 9.17) is 4.74 Å². The highest BCUT2D eigenvalue weighted by atomic mass is 16.5. The molecule has 26 heavy (non-hydrogen) atoms. The SMILES string of the molecule is O=C(CCCOc1ccccc1)NCCc1cc2ccccc2[nH]c1=O. The molecule has 0 saturated heterocycles. The van der Waals surface area contributed by atoms with Crippen LogP contribution in [0.5, 0.6) is 5.75 Å². The van der Waals surface area contributed by atoms with Crippen molar-refractivity contribution in [1.29, 1.82) is 0 Å². The fourth-order valence-electron chi connectivity index (χ4n) is 2.74. The smallest absolute Gasteiger partial charge is 0.251 e. The molecule has 0 aliphatic heterocycles. The highest BCUT2D eigenvalue weighted by molar-refractivity contribution is 5.78. The van der Waals surface area contributed by atoms with Gasteiger partial charge in [-0.15, -0.1) is 0 Å². The van der Waals surface area contributed by atoms with E-state index in [1.54, 1.807) is 0 Å². The first-order chi connectivity index (χ1) is 12.7. The van der Waals surface area contributed by atoms with Crippen molar-refractivity contribution < 1.29 is 9.53 Å². The van der Waals surface area contributed by atoms with Crippen LogP contribution in [0.2, 0.25) is 0 Å². The van der Waals surface area contributed by atoms with Crippen LogP contribution in [0.25, 0.3) is 10.9 Å². The van der Waals surface area contributed by atoms with Crippen molar-refractivity contribution in [3.05, 3.63) is 76.6 Å². The molecule has 0 spiro atoms. The second-order valence-electron chi connectivity index (χ2n) is 6.08.